The van der Waals surface area contributed by atoms with E-state index in [9.17, 15) is 4.79 Å². The van der Waals surface area contributed by atoms with Crippen LogP contribution in [0.3, 0.4) is 0 Å². The Morgan fingerprint density at radius 3 is 1.91 bits per heavy atom. The van der Waals surface area contributed by atoms with Crippen molar-refractivity contribution in [3.05, 3.63) is 84.4 Å². The van der Waals surface area contributed by atoms with E-state index in [1.165, 1.54) is 18.2 Å². The van der Waals surface area contributed by atoms with Crippen LogP contribution in [0.1, 0.15) is 11.1 Å². The predicted molar refractivity (Wildman–Crippen MR) is 92.7 cm³/mol. The second-order valence-electron chi connectivity index (χ2n) is 5.51. The summed E-state index contributed by atoms with van der Waals surface area (Å²) < 4.78 is 4.87. The molecule has 0 aliphatic carbocycles. The van der Waals surface area contributed by atoms with Crippen molar-refractivity contribution in [1.29, 1.82) is 0 Å². The molecule has 0 saturated carbocycles. The summed E-state index contributed by atoms with van der Waals surface area (Å²) in [4.78, 5) is 14.1. The van der Waals surface area contributed by atoms with Gasteiger partial charge in [-0.3, -0.25) is 9.69 Å². The van der Waals surface area contributed by atoms with Crippen molar-refractivity contribution in [2.24, 2.45) is 5.92 Å². The highest BCUT2D eigenvalue weighted by atomic mass is 16.5. The van der Waals surface area contributed by atoms with E-state index < -0.39 is 0 Å². The lowest BCUT2D eigenvalue weighted by Gasteiger charge is -2.25. The van der Waals surface area contributed by atoms with Crippen LogP contribution in [0.15, 0.2) is 73.3 Å². The standard InChI is InChI=1S/C20H23NO2/c1-3-19(20(22)23-2)16-21(14-17-10-6-4-7-11-17)15-18-12-8-5-9-13-18/h3-13,19H,1,14-16H2,2H3. The number of rotatable bonds is 8. The number of hydrogen-bond acceptors (Lipinski definition) is 3. The molecule has 1 unspecified atom stereocenters. The third-order valence-corrected chi connectivity index (χ3v) is 3.74. The highest BCUT2D eigenvalue weighted by Crippen LogP contribution is 2.14. The minimum Gasteiger partial charge on any atom is -0.469 e. The maximum absolute atomic E-state index is 11.9. The van der Waals surface area contributed by atoms with Gasteiger partial charge in [-0.2, -0.15) is 0 Å². The van der Waals surface area contributed by atoms with Crippen LogP contribution in [-0.2, 0) is 22.6 Å². The molecular weight excluding hydrogens is 286 g/mol. The van der Waals surface area contributed by atoms with E-state index in [1.54, 1.807) is 6.08 Å². The molecule has 0 saturated heterocycles. The largest absolute Gasteiger partial charge is 0.469 e. The molecule has 3 nitrogen and oxygen atoms in total. The number of carbonyl (C=O) groups is 1. The molecule has 23 heavy (non-hydrogen) atoms. The fourth-order valence-corrected chi connectivity index (χ4v) is 2.54. The molecule has 0 aliphatic heterocycles. The summed E-state index contributed by atoms with van der Waals surface area (Å²) in [5.41, 5.74) is 2.44. The smallest absolute Gasteiger partial charge is 0.313 e. The number of benzene rings is 2. The van der Waals surface area contributed by atoms with Gasteiger partial charge < -0.3 is 4.74 Å². The van der Waals surface area contributed by atoms with Crippen LogP contribution in [0.25, 0.3) is 0 Å². The SMILES string of the molecule is C=CC(CN(Cc1ccccc1)Cc1ccccc1)C(=O)OC. The van der Waals surface area contributed by atoms with Gasteiger partial charge in [0.2, 0.25) is 0 Å². The van der Waals surface area contributed by atoms with Gasteiger partial charge in [0.15, 0.2) is 0 Å². The van der Waals surface area contributed by atoms with Gasteiger partial charge in [0.25, 0.3) is 0 Å². The van der Waals surface area contributed by atoms with Gasteiger partial charge in [0.1, 0.15) is 0 Å². The van der Waals surface area contributed by atoms with E-state index in [1.807, 2.05) is 36.4 Å². The quantitative estimate of drug-likeness (QED) is 0.550. The molecule has 0 fully saturated rings. The van der Waals surface area contributed by atoms with Crippen molar-refractivity contribution >= 4 is 5.97 Å². The molecule has 2 aromatic carbocycles. The van der Waals surface area contributed by atoms with Gasteiger partial charge in [-0.05, 0) is 11.1 Å². The Bertz CT molecular complexity index is 569. The van der Waals surface area contributed by atoms with Gasteiger partial charge in [0, 0.05) is 19.6 Å². The number of esters is 1. The third-order valence-electron chi connectivity index (χ3n) is 3.74. The van der Waals surface area contributed by atoms with Crippen molar-refractivity contribution in [3.63, 3.8) is 0 Å². The van der Waals surface area contributed by atoms with Crippen molar-refractivity contribution in [1.82, 2.24) is 4.90 Å². The molecule has 0 heterocycles. The zero-order chi connectivity index (χ0) is 16.5. The van der Waals surface area contributed by atoms with Gasteiger partial charge in [-0.15, -0.1) is 6.58 Å². The summed E-state index contributed by atoms with van der Waals surface area (Å²) in [6, 6.07) is 20.5. The molecule has 0 aromatic heterocycles. The first kappa shape index (κ1) is 17.0. The maximum Gasteiger partial charge on any atom is 0.313 e. The van der Waals surface area contributed by atoms with Crippen molar-refractivity contribution in [3.8, 4) is 0 Å². The molecule has 2 rings (SSSR count). The van der Waals surface area contributed by atoms with Gasteiger partial charge in [-0.1, -0.05) is 66.7 Å². The van der Waals surface area contributed by atoms with E-state index in [2.05, 4.69) is 35.7 Å². The van der Waals surface area contributed by atoms with Gasteiger partial charge in [-0.25, -0.2) is 0 Å². The van der Waals surface area contributed by atoms with E-state index in [0.29, 0.717) is 6.54 Å². The molecule has 0 aliphatic rings. The summed E-state index contributed by atoms with van der Waals surface area (Å²) >= 11 is 0. The summed E-state index contributed by atoms with van der Waals surface area (Å²) in [7, 11) is 1.41. The van der Waals surface area contributed by atoms with Crippen LogP contribution in [0.2, 0.25) is 0 Å². The minimum atomic E-state index is -0.326. The molecule has 120 valence electrons. The summed E-state index contributed by atoms with van der Waals surface area (Å²) in [6.45, 7) is 5.90. The third kappa shape index (κ3) is 5.38. The van der Waals surface area contributed by atoms with E-state index in [0.717, 1.165) is 13.1 Å². The Labute approximate surface area is 138 Å². The average Bonchev–Trinajstić information content (AvgIpc) is 2.60. The molecule has 0 N–H and O–H groups in total. The Hall–Kier alpha value is -2.39. The van der Waals surface area contributed by atoms with Crippen LogP contribution < -0.4 is 0 Å². The summed E-state index contributed by atoms with van der Waals surface area (Å²) in [6.07, 6.45) is 1.66. The highest BCUT2D eigenvalue weighted by molar-refractivity contribution is 5.74. The maximum atomic E-state index is 11.9. The predicted octanol–water partition coefficient (Wildman–Crippen LogP) is 3.66. The second kappa shape index (κ2) is 8.91. The minimum absolute atomic E-state index is 0.244. The number of ether oxygens (including phenoxy) is 1. The zero-order valence-electron chi connectivity index (χ0n) is 13.5. The summed E-state index contributed by atoms with van der Waals surface area (Å²) in [5.74, 6) is -0.571. The Kier molecular flexibility index (Phi) is 6.57. The highest BCUT2D eigenvalue weighted by Gasteiger charge is 2.19. The van der Waals surface area contributed by atoms with Crippen molar-refractivity contribution in [2.45, 2.75) is 13.1 Å². The number of carbonyl (C=O) groups excluding carboxylic acids is 1. The molecule has 2 aromatic rings. The zero-order valence-corrected chi connectivity index (χ0v) is 13.5. The fraction of sp³-hybridized carbons (Fsp3) is 0.250. The Morgan fingerprint density at radius 2 is 1.52 bits per heavy atom. The average molecular weight is 309 g/mol. The van der Waals surface area contributed by atoms with Crippen LogP contribution in [0.4, 0.5) is 0 Å². The molecule has 3 heteroatoms. The molecule has 0 radical (unpaired) electrons. The molecule has 0 bridgehead atoms. The number of methoxy groups -OCH3 is 1. The van der Waals surface area contributed by atoms with Crippen LogP contribution in [-0.4, -0.2) is 24.5 Å². The molecule has 0 amide bonds. The fourth-order valence-electron chi connectivity index (χ4n) is 2.54. The lowest BCUT2D eigenvalue weighted by Crippen LogP contribution is -2.32. The van der Waals surface area contributed by atoms with Gasteiger partial charge >= 0.3 is 5.97 Å². The van der Waals surface area contributed by atoms with E-state index in [4.69, 9.17) is 4.74 Å². The lowest BCUT2D eigenvalue weighted by molar-refractivity contribution is -0.144. The second-order valence-corrected chi connectivity index (χ2v) is 5.51. The molecule has 0 spiro atoms. The number of hydrogen-bond donors (Lipinski definition) is 0. The Morgan fingerprint density at radius 1 is 1.04 bits per heavy atom. The topological polar surface area (TPSA) is 29.5 Å². The van der Waals surface area contributed by atoms with Crippen LogP contribution in [0, 0.1) is 5.92 Å². The monoisotopic (exact) mass is 309 g/mol. The number of nitrogens with zero attached hydrogens (tertiary/aromatic N) is 1. The van der Waals surface area contributed by atoms with Crippen LogP contribution >= 0.6 is 0 Å². The normalized spacial score (nSPS) is 11.9. The van der Waals surface area contributed by atoms with Gasteiger partial charge in [0.05, 0.1) is 13.0 Å². The first-order valence-corrected chi connectivity index (χ1v) is 7.73. The van der Waals surface area contributed by atoms with Crippen molar-refractivity contribution in [2.75, 3.05) is 13.7 Å². The Balaban J connectivity index is 2.13. The lowest BCUT2D eigenvalue weighted by atomic mass is 10.1. The van der Waals surface area contributed by atoms with E-state index in [-0.39, 0.29) is 11.9 Å². The first-order valence-electron chi connectivity index (χ1n) is 7.73. The van der Waals surface area contributed by atoms with Crippen LogP contribution in [0.5, 0.6) is 0 Å². The van der Waals surface area contributed by atoms with Crippen molar-refractivity contribution < 1.29 is 9.53 Å². The molecule has 1 atom stereocenters. The van der Waals surface area contributed by atoms with E-state index >= 15 is 0 Å². The molecular formula is C20H23NO2. The summed E-state index contributed by atoms with van der Waals surface area (Å²) in [5, 5.41) is 0. The first-order chi connectivity index (χ1) is 11.2.